The lowest BCUT2D eigenvalue weighted by atomic mass is 10.1. The van der Waals surface area contributed by atoms with Crippen LogP contribution in [-0.4, -0.2) is 12.3 Å². The number of fused-ring (bicyclic) bond motifs is 1. The van der Waals surface area contributed by atoms with Crippen LogP contribution in [0.2, 0.25) is 0 Å². The minimum atomic E-state index is 0.185. The Hall–Kier alpha value is -0.880. The Labute approximate surface area is 67.2 Å². The van der Waals surface area contributed by atoms with Gasteiger partial charge in [-0.05, 0) is 17.4 Å². The molecule has 2 rings (SSSR count). The van der Waals surface area contributed by atoms with E-state index in [0.29, 0.717) is 6.54 Å². The van der Waals surface area contributed by atoms with Gasteiger partial charge in [0.2, 0.25) is 0 Å². The molecule has 1 aliphatic rings. The van der Waals surface area contributed by atoms with Crippen LogP contribution in [0.1, 0.15) is 10.4 Å². The minimum Gasteiger partial charge on any atom is -0.377 e. The van der Waals surface area contributed by atoms with Gasteiger partial charge in [-0.25, -0.2) is 0 Å². The van der Waals surface area contributed by atoms with Crippen molar-refractivity contribution in [3.05, 3.63) is 23.8 Å². The summed E-state index contributed by atoms with van der Waals surface area (Å²) in [5, 5.41) is 4.13. The molecule has 0 bridgehead atoms. The number of benzene rings is 1. The van der Waals surface area contributed by atoms with Crippen LogP contribution in [-0.2, 0) is 0 Å². The predicted octanol–water partition coefficient (Wildman–Crippen LogP) is 0.795. The van der Waals surface area contributed by atoms with E-state index in [-0.39, 0.29) is 5.78 Å². The molecule has 11 heavy (non-hydrogen) atoms. The molecule has 2 nitrogen and oxygen atoms in total. The quantitative estimate of drug-likeness (QED) is 0.576. The van der Waals surface area contributed by atoms with Gasteiger partial charge in [0.05, 0.1) is 6.54 Å². The molecule has 1 heterocycles. The molecule has 0 saturated heterocycles. The van der Waals surface area contributed by atoms with Crippen molar-refractivity contribution in [2.24, 2.45) is 0 Å². The van der Waals surface area contributed by atoms with Crippen LogP contribution in [0.15, 0.2) is 18.2 Å². The summed E-state index contributed by atoms with van der Waals surface area (Å²) in [7, 11) is 2.60. The molecule has 1 unspecified atom stereocenters. The molecule has 0 aromatic heterocycles. The molecule has 0 saturated carbocycles. The SMILES string of the molecule is O=C1CNc2cc(P)ccc21. The monoisotopic (exact) mass is 165 g/mol. The van der Waals surface area contributed by atoms with Gasteiger partial charge in [0.15, 0.2) is 5.78 Å². The average molecular weight is 165 g/mol. The molecular weight excluding hydrogens is 157 g/mol. The molecule has 3 heteroatoms. The maximum Gasteiger partial charge on any atom is 0.183 e. The van der Waals surface area contributed by atoms with E-state index in [1.54, 1.807) is 0 Å². The Kier molecular flexibility index (Phi) is 1.43. The van der Waals surface area contributed by atoms with Gasteiger partial charge in [-0.1, -0.05) is 6.07 Å². The van der Waals surface area contributed by atoms with Crippen molar-refractivity contribution in [3.8, 4) is 0 Å². The predicted molar refractivity (Wildman–Crippen MR) is 48.6 cm³/mol. The highest BCUT2D eigenvalue weighted by Gasteiger charge is 2.17. The van der Waals surface area contributed by atoms with Crippen molar-refractivity contribution in [1.29, 1.82) is 0 Å². The molecule has 1 atom stereocenters. The summed E-state index contributed by atoms with van der Waals surface area (Å²) in [5.74, 6) is 0.185. The zero-order chi connectivity index (χ0) is 7.84. The van der Waals surface area contributed by atoms with Crippen LogP contribution >= 0.6 is 9.24 Å². The fourth-order valence-electron chi connectivity index (χ4n) is 1.22. The van der Waals surface area contributed by atoms with Crippen LogP contribution < -0.4 is 10.6 Å². The van der Waals surface area contributed by atoms with Crippen molar-refractivity contribution in [1.82, 2.24) is 0 Å². The Morgan fingerprint density at radius 2 is 2.27 bits per heavy atom. The average Bonchev–Trinajstić information content (AvgIpc) is 2.32. The maximum atomic E-state index is 11.1. The van der Waals surface area contributed by atoms with Gasteiger partial charge < -0.3 is 5.32 Å². The van der Waals surface area contributed by atoms with Crippen molar-refractivity contribution >= 4 is 26.0 Å². The number of nitrogens with one attached hydrogen (secondary N) is 1. The molecular formula is C8H8NOP. The van der Waals surface area contributed by atoms with Crippen LogP contribution in [0.25, 0.3) is 0 Å². The highest BCUT2D eigenvalue weighted by Crippen LogP contribution is 2.20. The Morgan fingerprint density at radius 3 is 3.09 bits per heavy atom. The summed E-state index contributed by atoms with van der Waals surface area (Å²) in [6.07, 6.45) is 0. The van der Waals surface area contributed by atoms with Gasteiger partial charge in [0.1, 0.15) is 0 Å². The smallest absolute Gasteiger partial charge is 0.183 e. The van der Waals surface area contributed by atoms with E-state index in [1.807, 2.05) is 18.2 Å². The van der Waals surface area contributed by atoms with E-state index < -0.39 is 0 Å². The molecule has 0 fully saturated rings. The third-order valence-electron chi connectivity index (χ3n) is 1.78. The third kappa shape index (κ3) is 1.04. The molecule has 56 valence electrons. The van der Waals surface area contributed by atoms with E-state index >= 15 is 0 Å². The van der Waals surface area contributed by atoms with Gasteiger partial charge in [-0.3, -0.25) is 4.79 Å². The Bertz CT molecular complexity index is 322. The topological polar surface area (TPSA) is 29.1 Å². The standard InChI is InChI=1S/C8H8NOP/c10-8-4-9-7-3-5(11)1-2-6(7)8/h1-3,9H,4,11H2. The summed E-state index contributed by atoms with van der Waals surface area (Å²) in [5.41, 5.74) is 1.78. The first-order chi connectivity index (χ1) is 5.27. The first-order valence-corrected chi connectivity index (χ1v) is 4.02. The molecule has 1 aliphatic heterocycles. The highest BCUT2D eigenvalue weighted by atomic mass is 31.0. The lowest BCUT2D eigenvalue weighted by molar-refractivity contribution is 0.101. The van der Waals surface area contributed by atoms with E-state index in [1.165, 1.54) is 0 Å². The fourth-order valence-corrected chi connectivity index (χ4v) is 1.48. The zero-order valence-electron chi connectivity index (χ0n) is 5.92. The van der Waals surface area contributed by atoms with E-state index in [0.717, 1.165) is 16.6 Å². The van der Waals surface area contributed by atoms with Crippen LogP contribution in [0, 0.1) is 0 Å². The van der Waals surface area contributed by atoms with Crippen molar-refractivity contribution < 1.29 is 4.79 Å². The molecule has 0 aliphatic carbocycles. The lowest BCUT2D eigenvalue weighted by Gasteiger charge is -1.97. The summed E-state index contributed by atoms with van der Waals surface area (Å²) in [6, 6.07) is 5.75. The number of rotatable bonds is 0. The molecule has 0 radical (unpaired) electrons. The molecule has 0 amide bonds. The molecule has 1 aromatic carbocycles. The zero-order valence-corrected chi connectivity index (χ0v) is 7.08. The van der Waals surface area contributed by atoms with Gasteiger partial charge in [-0.2, -0.15) is 0 Å². The van der Waals surface area contributed by atoms with E-state index in [2.05, 4.69) is 14.6 Å². The fraction of sp³-hybridized carbons (Fsp3) is 0.125. The van der Waals surface area contributed by atoms with E-state index in [4.69, 9.17) is 0 Å². The summed E-state index contributed by atoms with van der Waals surface area (Å²) in [6.45, 7) is 0.448. The van der Waals surface area contributed by atoms with E-state index in [9.17, 15) is 4.79 Å². The third-order valence-corrected chi connectivity index (χ3v) is 2.14. The second-order valence-electron chi connectivity index (χ2n) is 2.58. The number of carbonyl (C=O) groups excluding carboxylic acids is 1. The van der Waals surface area contributed by atoms with Gasteiger partial charge >= 0.3 is 0 Å². The van der Waals surface area contributed by atoms with Crippen molar-refractivity contribution in [3.63, 3.8) is 0 Å². The van der Waals surface area contributed by atoms with Crippen molar-refractivity contribution in [2.45, 2.75) is 0 Å². The van der Waals surface area contributed by atoms with Crippen LogP contribution in [0.4, 0.5) is 5.69 Å². The summed E-state index contributed by atoms with van der Waals surface area (Å²) in [4.78, 5) is 11.1. The largest absolute Gasteiger partial charge is 0.377 e. The van der Waals surface area contributed by atoms with Crippen LogP contribution in [0.3, 0.4) is 0 Å². The normalized spacial score (nSPS) is 14.5. The highest BCUT2D eigenvalue weighted by molar-refractivity contribution is 7.27. The first kappa shape index (κ1) is 6.81. The molecule has 1 aromatic rings. The molecule has 1 N–H and O–H groups in total. The second kappa shape index (κ2) is 2.31. The Balaban J connectivity index is 2.59. The molecule has 0 spiro atoms. The Morgan fingerprint density at radius 1 is 1.45 bits per heavy atom. The van der Waals surface area contributed by atoms with Crippen molar-refractivity contribution in [2.75, 3.05) is 11.9 Å². The van der Waals surface area contributed by atoms with Crippen LogP contribution in [0.5, 0.6) is 0 Å². The second-order valence-corrected chi connectivity index (χ2v) is 3.25. The summed E-state index contributed by atoms with van der Waals surface area (Å²) >= 11 is 0. The minimum absolute atomic E-state index is 0.185. The number of Topliss-reactive ketones (excluding diaryl/α,β-unsaturated/α-hetero) is 1. The van der Waals surface area contributed by atoms with Gasteiger partial charge in [-0.15, -0.1) is 9.24 Å². The first-order valence-electron chi connectivity index (χ1n) is 3.44. The van der Waals surface area contributed by atoms with Gasteiger partial charge in [0, 0.05) is 11.3 Å². The summed E-state index contributed by atoms with van der Waals surface area (Å²) < 4.78 is 0. The van der Waals surface area contributed by atoms with Gasteiger partial charge in [0.25, 0.3) is 0 Å². The number of hydrogen-bond donors (Lipinski definition) is 1. The number of ketones is 1. The lowest BCUT2D eigenvalue weighted by Crippen LogP contribution is -2.00. The number of anilines is 1. The number of hydrogen-bond acceptors (Lipinski definition) is 2. The number of carbonyl (C=O) groups is 1. The maximum absolute atomic E-state index is 11.1.